The van der Waals surface area contributed by atoms with Crippen molar-refractivity contribution < 1.29 is 8.95 Å². The monoisotopic (exact) mass is 255 g/mol. The van der Waals surface area contributed by atoms with Crippen molar-refractivity contribution in [1.82, 2.24) is 0 Å². The quantitative estimate of drug-likeness (QED) is 0.897. The smallest absolute Gasteiger partial charge is 0.123 e. The number of rotatable bonds is 4. The highest BCUT2D eigenvalue weighted by atomic mass is 32.2. The number of hydrogen-bond donors (Lipinski definition) is 1. The van der Waals surface area contributed by atoms with Crippen molar-refractivity contribution >= 4 is 10.8 Å². The Morgan fingerprint density at radius 1 is 1.35 bits per heavy atom. The fourth-order valence-corrected chi connectivity index (χ4v) is 2.36. The molecule has 0 bridgehead atoms. The second kappa shape index (κ2) is 5.65. The molecule has 3 nitrogen and oxygen atoms in total. The van der Waals surface area contributed by atoms with E-state index in [4.69, 9.17) is 10.5 Å². The van der Waals surface area contributed by atoms with E-state index in [2.05, 4.69) is 0 Å². The lowest BCUT2D eigenvalue weighted by atomic mass is 10.1. The summed E-state index contributed by atoms with van der Waals surface area (Å²) in [6.45, 7) is 6.38. The van der Waals surface area contributed by atoms with Crippen LogP contribution in [0.3, 0.4) is 0 Å². The molecule has 0 aromatic heterocycles. The topological polar surface area (TPSA) is 52.3 Å². The molecule has 2 N–H and O–H groups in total. The van der Waals surface area contributed by atoms with E-state index in [9.17, 15) is 4.21 Å². The van der Waals surface area contributed by atoms with Crippen molar-refractivity contribution in [2.45, 2.75) is 37.8 Å². The highest BCUT2D eigenvalue weighted by Gasteiger charge is 2.19. The first-order valence-electron chi connectivity index (χ1n) is 5.63. The predicted molar refractivity (Wildman–Crippen MR) is 72.5 cm³/mol. The minimum absolute atomic E-state index is 0.192. The molecule has 0 saturated carbocycles. The number of benzene rings is 1. The zero-order chi connectivity index (χ0) is 13.1. The molecule has 96 valence electrons. The molecule has 4 heteroatoms. The second-order valence-electron chi connectivity index (χ2n) is 4.95. The van der Waals surface area contributed by atoms with Gasteiger partial charge in [-0.25, -0.2) is 0 Å². The first kappa shape index (κ1) is 14.2. The fraction of sp³-hybridized carbons (Fsp3) is 0.538. The van der Waals surface area contributed by atoms with Gasteiger partial charge in [0, 0.05) is 33.4 Å². The van der Waals surface area contributed by atoms with E-state index >= 15 is 0 Å². The Bertz CT molecular complexity index is 410. The SMILES string of the molecule is COc1ccc(CS(=O)C(C)(C)C)cc1CN. The predicted octanol–water partition coefficient (Wildman–Crippen LogP) is 2.20. The maximum atomic E-state index is 12.0. The second-order valence-corrected chi connectivity index (χ2v) is 7.16. The molecule has 0 aliphatic carbocycles. The standard InChI is InChI=1S/C13H21NO2S/c1-13(2,3)17(15)9-10-5-6-12(16-4)11(7-10)8-14/h5-7H,8-9,14H2,1-4H3. The summed E-state index contributed by atoms with van der Waals surface area (Å²) in [5, 5.41) is 0. The summed E-state index contributed by atoms with van der Waals surface area (Å²) < 4.78 is 17.1. The summed E-state index contributed by atoms with van der Waals surface area (Å²) in [5.74, 6) is 1.35. The van der Waals surface area contributed by atoms with Crippen molar-refractivity contribution in [3.05, 3.63) is 29.3 Å². The molecule has 1 rings (SSSR count). The summed E-state index contributed by atoms with van der Waals surface area (Å²) in [6, 6.07) is 5.81. The van der Waals surface area contributed by atoms with Crippen molar-refractivity contribution in [3.63, 3.8) is 0 Å². The minimum atomic E-state index is -0.889. The van der Waals surface area contributed by atoms with E-state index in [1.807, 2.05) is 39.0 Å². The summed E-state index contributed by atoms with van der Waals surface area (Å²) in [5.41, 5.74) is 7.65. The zero-order valence-corrected chi connectivity index (χ0v) is 11.8. The van der Waals surface area contributed by atoms with E-state index < -0.39 is 10.8 Å². The molecule has 0 aliphatic rings. The van der Waals surface area contributed by atoms with Crippen molar-refractivity contribution in [2.24, 2.45) is 5.73 Å². The summed E-state index contributed by atoms with van der Waals surface area (Å²) in [6.07, 6.45) is 0. The number of ether oxygens (including phenoxy) is 1. The molecule has 1 aromatic carbocycles. The van der Waals surface area contributed by atoms with Crippen molar-refractivity contribution in [2.75, 3.05) is 7.11 Å². The van der Waals surface area contributed by atoms with E-state index in [1.54, 1.807) is 7.11 Å². The third-order valence-electron chi connectivity index (χ3n) is 2.55. The molecule has 1 atom stereocenters. The van der Waals surface area contributed by atoms with Crippen LogP contribution in [0.2, 0.25) is 0 Å². The van der Waals surface area contributed by atoms with Crippen LogP contribution in [-0.2, 0) is 23.1 Å². The average molecular weight is 255 g/mol. The van der Waals surface area contributed by atoms with Crippen LogP contribution in [0.5, 0.6) is 5.75 Å². The average Bonchev–Trinajstić information content (AvgIpc) is 2.27. The molecule has 0 fully saturated rings. The van der Waals surface area contributed by atoms with Gasteiger partial charge < -0.3 is 10.5 Å². The Hall–Kier alpha value is -0.870. The third-order valence-corrected chi connectivity index (χ3v) is 4.51. The minimum Gasteiger partial charge on any atom is -0.496 e. The Kier molecular flexibility index (Phi) is 4.71. The van der Waals surface area contributed by atoms with Crippen LogP contribution in [0, 0.1) is 0 Å². The highest BCUT2D eigenvalue weighted by Crippen LogP contribution is 2.22. The number of hydrogen-bond acceptors (Lipinski definition) is 3. The van der Waals surface area contributed by atoms with Gasteiger partial charge in [-0.15, -0.1) is 0 Å². The first-order chi connectivity index (χ1) is 7.88. The molecule has 1 unspecified atom stereocenters. The Labute approximate surface area is 106 Å². The molecular formula is C13H21NO2S. The van der Waals surface area contributed by atoms with Crippen molar-refractivity contribution in [1.29, 1.82) is 0 Å². The van der Waals surface area contributed by atoms with Crippen LogP contribution >= 0.6 is 0 Å². The van der Waals surface area contributed by atoms with Gasteiger partial charge in [0.15, 0.2) is 0 Å². The fourth-order valence-electron chi connectivity index (χ4n) is 1.45. The van der Waals surface area contributed by atoms with Gasteiger partial charge in [0.1, 0.15) is 5.75 Å². The van der Waals surface area contributed by atoms with Gasteiger partial charge in [-0.05, 0) is 38.5 Å². The van der Waals surface area contributed by atoms with Crippen LogP contribution in [0.25, 0.3) is 0 Å². The van der Waals surface area contributed by atoms with Crippen LogP contribution in [0.1, 0.15) is 31.9 Å². The zero-order valence-electron chi connectivity index (χ0n) is 10.9. The molecule has 0 aliphatic heterocycles. The van der Waals surface area contributed by atoms with E-state index in [1.165, 1.54) is 0 Å². The Balaban J connectivity index is 2.90. The first-order valence-corrected chi connectivity index (χ1v) is 6.94. The van der Waals surface area contributed by atoms with Gasteiger partial charge >= 0.3 is 0 Å². The third kappa shape index (κ3) is 3.82. The molecule has 0 radical (unpaired) electrons. The lowest BCUT2D eigenvalue weighted by molar-refractivity contribution is 0.409. The Morgan fingerprint density at radius 3 is 2.47 bits per heavy atom. The molecular weight excluding hydrogens is 234 g/mol. The summed E-state index contributed by atoms with van der Waals surface area (Å²) >= 11 is 0. The van der Waals surface area contributed by atoms with Gasteiger partial charge in [-0.3, -0.25) is 4.21 Å². The highest BCUT2D eigenvalue weighted by molar-refractivity contribution is 7.85. The summed E-state index contributed by atoms with van der Waals surface area (Å²) in [4.78, 5) is 0. The van der Waals surface area contributed by atoms with E-state index in [0.29, 0.717) is 12.3 Å². The lowest BCUT2D eigenvalue weighted by Crippen LogP contribution is -2.23. The maximum Gasteiger partial charge on any atom is 0.123 e. The molecule has 0 saturated heterocycles. The van der Waals surface area contributed by atoms with E-state index in [0.717, 1.165) is 16.9 Å². The van der Waals surface area contributed by atoms with Gasteiger partial charge in [0.05, 0.1) is 7.11 Å². The van der Waals surface area contributed by atoms with Gasteiger partial charge in [-0.1, -0.05) is 6.07 Å². The van der Waals surface area contributed by atoms with Crippen LogP contribution in [0.15, 0.2) is 18.2 Å². The van der Waals surface area contributed by atoms with Gasteiger partial charge in [-0.2, -0.15) is 0 Å². The Morgan fingerprint density at radius 2 is 2.00 bits per heavy atom. The normalized spacial score (nSPS) is 13.5. The van der Waals surface area contributed by atoms with Gasteiger partial charge in [0.2, 0.25) is 0 Å². The number of methoxy groups -OCH3 is 1. The lowest BCUT2D eigenvalue weighted by Gasteiger charge is -2.18. The molecule has 0 spiro atoms. The van der Waals surface area contributed by atoms with Crippen molar-refractivity contribution in [3.8, 4) is 5.75 Å². The molecule has 17 heavy (non-hydrogen) atoms. The van der Waals surface area contributed by atoms with Crippen LogP contribution in [0.4, 0.5) is 0 Å². The van der Waals surface area contributed by atoms with E-state index in [-0.39, 0.29) is 4.75 Å². The largest absolute Gasteiger partial charge is 0.496 e. The van der Waals surface area contributed by atoms with Crippen LogP contribution < -0.4 is 10.5 Å². The van der Waals surface area contributed by atoms with Gasteiger partial charge in [0.25, 0.3) is 0 Å². The summed E-state index contributed by atoms with van der Waals surface area (Å²) in [7, 11) is 0.738. The molecule has 0 amide bonds. The maximum absolute atomic E-state index is 12.0. The molecule has 1 aromatic rings. The number of nitrogens with two attached hydrogens (primary N) is 1. The van der Waals surface area contributed by atoms with Crippen LogP contribution in [-0.4, -0.2) is 16.1 Å². The molecule has 0 heterocycles.